The SMILES string of the molecule is Cc1nnc2n1-c1ccccc1C(c1ccccc1)=NC2NC(=O)O[C@H](C)c1ccccc1. The van der Waals surface area contributed by atoms with Gasteiger partial charge in [-0.1, -0.05) is 78.9 Å². The normalized spacial score (nSPS) is 15.5. The van der Waals surface area contributed by atoms with Crippen LogP contribution in [0.15, 0.2) is 89.9 Å². The average Bonchev–Trinajstić information content (AvgIpc) is 3.17. The third-order valence-corrected chi connectivity index (χ3v) is 5.61. The zero-order valence-electron chi connectivity index (χ0n) is 18.3. The summed E-state index contributed by atoms with van der Waals surface area (Å²) in [5.41, 5.74) is 4.46. The van der Waals surface area contributed by atoms with E-state index in [0.717, 1.165) is 28.1 Å². The summed E-state index contributed by atoms with van der Waals surface area (Å²) in [4.78, 5) is 17.8. The first-order valence-corrected chi connectivity index (χ1v) is 10.8. The molecule has 0 saturated heterocycles. The number of aromatic nitrogens is 3. The van der Waals surface area contributed by atoms with Gasteiger partial charge in [-0.15, -0.1) is 10.2 Å². The molecule has 5 rings (SSSR count). The molecule has 2 heterocycles. The van der Waals surface area contributed by atoms with Gasteiger partial charge in [-0.05, 0) is 25.5 Å². The van der Waals surface area contributed by atoms with E-state index < -0.39 is 18.4 Å². The van der Waals surface area contributed by atoms with Crippen LogP contribution in [0.5, 0.6) is 0 Å². The highest BCUT2D eigenvalue weighted by molar-refractivity contribution is 6.15. The summed E-state index contributed by atoms with van der Waals surface area (Å²) in [5, 5.41) is 11.5. The molecule has 1 unspecified atom stereocenters. The Hall–Kier alpha value is -4.26. The minimum Gasteiger partial charge on any atom is -0.442 e. The Balaban J connectivity index is 1.54. The smallest absolute Gasteiger partial charge is 0.409 e. The van der Waals surface area contributed by atoms with E-state index in [1.165, 1.54) is 0 Å². The van der Waals surface area contributed by atoms with E-state index in [9.17, 15) is 4.79 Å². The summed E-state index contributed by atoms with van der Waals surface area (Å²) in [6.45, 7) is 3.72. The van der Waals surface area contributed by atoms with Crippen molar-refractivity contribution in [1.29, 1.82) is 0 Å². The van der Waals surface area contributed by atoms with Crippen molar-refractivity contribution in [2.75, 3.05) is 0 Å². The van der Waals surface area contributed by atoms with Gasteiger partial charge in [-0.3, -0.25) is 14.9 Å². The van der Waals surface area contributed by atoms with E-state index in [1.807, 2.05) is 103 Å². The fourth-order valence-corrected chi connectivity index (χ4v) is 4.00. The molecule has 33 heavy (non-hydrogen) atoms. The average molecular weight is 438 g/mol. The van der Waals surface area contributed by atoms with Gasteiger partial charge in [-0.25, -0.2) is 4.79 Å². The molecule has 1 aromatic heterocycles. The van der Waals surface area contributed by atoms with Gasteiger partial charge >= 0.3 is 6.09 Å². The summed E-state index contributed by atoms with van der Waals surface area (Å²) < 4.78 is 7.57. The number of carbonyl (C=O) groups is 1. The molecule has 1 amide bonds. The lowest BCUT2D eigenvalue weighted by atomic mass is 10.0. The molecule has 7 nitrogen and oxygen atoms in total. The van der Waals surface area contributed by atoms with Gasteiger partial charge in [0.05, 0.1) is 11.4 Å². The molecule has 0 saturated carbocycles. The topological polar surface area (TPSA) is 81.4 Å². The largest absolute Gasteiger partial charge is 0.442 e. The van der Waals surface area contributed by atoms with Gasteiger partial charge in [0.25, 0.3) is 0 Å². The van der Waals surface area contributed by atoms with Crippen molar-refractivity contribution in [2.24, 2.45) is 4.99 Å². The second-order valence-electron chi connectivity index (χ2n) is 7.81. The highest BCUT2D eigenvalue weighted by Gasteiger charge is 2.29. The first kappa shape index (κ1) is 20.6. The zero-order valence-corrected chi connectivity index (χ0v) is 18.3. The molecule has 1 aliphatic heterocycles. The Morgan fingerprint density at radius 2 is 1.61 bits per heavy atom. The molecule has 4 aromatic rings. The Kier molecular flexibility index (Phi) is 5.44. The van der Waals surface area contributed by atoms with Gasteiger partial charge < -0.3 is 4.74 Å². The number of carbonyl (C=O) groups excluding carboxylic acids is 1. The fraction of sp³-hybridized carbons (Fsp3) is 0.154. The number of ether oxygens (including phenoxy) is 1. The molecule has 2 atom stereocenters. The molecule has 0 bridgehead atoms. The molecule has 0 radical (unpaired) electrons. The third kappa shape index (κ3) is 4.01. The van der Waals surface area contributed by atoms with Crippen LogP contribution in [0, 0.1) is 6.92 Å². The maximum absolute atomic E-state index is 12.9. The quantitative estimate of drug-likeness (QED) is 0.492. The Labute approximate surface area is 191 Å². The number of rotatable bonds is 4. The maximum atomic E-state index is 12.9. The van der Waals surface area contributed by atoms with Gasteiger partial charge in [0.2, 0.25) is 0 Å². The number of alkyl carbamates (subject to hydrolysis) is 1. The van der Waals surface area contributed by atoms with Crippen molar-refractivity contribution in [3.63, 3.8) is 0 Å². The standard InChI is InChI=1S/C26H23N5O2/c1-17(19-11-5-3-6-12-19)33-26(32)28-24-25-30-29-18(2)31(25)22-16-10-9-15-21(22)23(27-24)20-13-7-4-8-14-20/h3-17,24H,1-2H3,(H,28,32)/t17-,24?/m1/s1. The summed E-state index contributed by atoms with van der Waals surface area (Å²) in [6.07, 6.45) is -1.76. The number of benzene rings is 3. The molecule has 0 spiro atoms. The van der Waals surface area contributed by atoms with E-state index >= 15 is 0 Å². The Morgan fingerprint density at radius 1 is 0.939 bits per heavy atom. The predicted molar refractivity (Wildman–Crippen MR) is 125 cm³/mol. The number of fused-ring (bicyclic) bond motifs is 3. The van der Waals surface area contributed by atoms with Crippen molar-refractivity contribution in [1.82, 2.24) is 20.1 Å². The molecule has 164 valence electrons. The van der Waals surface area contributed by atoms with E-state index in [0.29, 0.717) is 11.6 Å². The maximum Gasteiger partial charge on any atom is 0.409 e. The van der Waals surface area contributed by atoms with Crippen LogP contribution in [0.1, 0.15) is 47.5 Å². The predicted octanol–water partition coefficient (Wildman–Crippen LogP) is 4.91. The van der Waals surface area contributed by atoms with Crippen LogP contribution in [0.4, 0.5) is 4.79 Å². The highest BCUT2D eigenvalue weighted by atomic mass is 16.6. The van der Waals surface area contributed by atoms with Crippen molar-refractivity contribution in [3.05, 3.63) is 113 Å². The van der Waals surface area contributed by atoms with Crippen molar-refractivity contribution in [2.45, 2.75) is 26.1 Å². The number of nitrogens with one attached hydrogen (secondary N) is 1. The zero-order chi connectivity index (χ0) is 22.8. The lowest BCUT2D eigenvalue weighted by Gasteiger charge is -2.18. The molecule has 7 heteroatoms. The molecular formula is C26H23N5O2. The highest BCUT2D eigenvalue weighted by Crippen LogP contribution is 2.30. The number of nitrogens with zero attached hydrogens (tertiary/aromatic N) is 4. The number of aliphatic imine (C=N–C) groups is 1. The Morgan fingerprint density at radius 3 is 2.36 bits per heavy atom. The summed E-state index contributed by atoms with van der Waals surface area (Å²) in [5.74, 6) is 1.23. The summed E-state index contributed by atoms with van der Waals surface area (Å²) in [7, 11) is 0. The lowest BCUT2D eigenvalue weighted by Crippen LogP contribution is -2.30. The van der Waals surface area contributed by atoms with Gasteiger partial charge in [0.15, 0.2) is 12.0 Å². The Bertz CT molecular complexity index is 1320. The van der Waals surface area contributed by atoms with Gasteiger partial charge in [0, 0.05) is 11.1 Å². The van der Waals surface area contributed by atoms with E-state index in [1.54, 1.807) is 0 Å². The van der Waals surface area contributed by atoms with Crippen molar-refractivity contribution in [3.8, 4) is 5.69 Å². The lowest BCUT2D eigenvalue weighted by molar-refractivity contribution is 0.103. The molecule has 1 N–H and O–H groups in total. The number of para-hydroxylation sites is 1. The molecule has 0 aliphatic carbocycles. The number of hydrogen-bond donors (Lipinski definition) is 1. The van der Waals surface area contributed by atoms with Crippen LogP contribution >= 0.6 is 0 Å². The van der Waals surface area contributed by atoms with E-state index in [2.05, 4.69) is 15.5 Å². The minimum absolute atomic E-state index is 0.411. The van der Waals surface area contributed by atoms with Gasteiger partial charge in [-0.2, -0.15) is 0 Å². The molecule has 1 aliphatic rings. The third-order valence-electron chi connectivity index (χ3n) is 5.61. The first-order chi connectivity index (χ1) is 16.1. The van der Waals surface area contributed by atoms with Crippen molar-refractivity contribution >= 4 is 11.8 Å². The van der Waals surface area contributed by atoms with Crippen LogP contribution in [0.2, 0.25) is 0 Å². The van der Waals surface area contributed by atoms with Crippen LogP contribution in [0.3, 0.4) is 0 Å². The van der Waals surface area contributed by atoms with E-state index in [-0.39, 0.29) is 0 Å². The van der Waals surface area contributed by atoms with E-state index in [4.69, 9.17) is 9.73 Å². The number of hydrogen-bond acceptors (Lipinski definition) is 5. The first-order valence-electron chi connectivity index (χ1n) is 10.8. The number of aryl methyl sites for hydroxylation is 1. The van der Waals surface area contributed by atoms with Crippen LogP contribution in [-0.2, 0) is 4.74 Å². The molecule has 0 fully saturated rings. The number of amides is 1. The van der Waals surface area contributed by atoms with Crippen LogP contribution in [-0.4, -0.2) is 26.6 Å². The van der Waals surface area contributed by atoms with Crippen LogP contribution in [0.25, 0.3) is 5.69 Å². The summed E-state index contributed by atoms with van der Waals surface area (Å²) in [6, 6.07) is 27.5. The minimum atomic E-state index is -0.774. The second-order valence-corrected chi connectivity index (χ2v) is 7.81. The molecule has 3 aromatic carbocycles. The van der Waals surface area contributed by atoms with Gasteiger partial charge in [0.1, 0.15) is 11.9 Å². The summed E-state index contributed by atoms with van der Waals surface area (Å²) >= 11 is 0. The van der Waals surface area contributed by atoms with Crippen LogP contribution < -0.4 is 5.32 Å². The second kappa shape index (κ2) is 8.70. The van der Waals surface area contributed by atoms with Crippen molar-refractivity contribution < 1.29 is 9.53 Å². The molecular weight excluding hydrogens is 414 g/mol. The fourth-order valence-electron chi connectivity index (χ4n) is 4.00. The monoisotopic (exact) mass is 437 g/mol.